The van der Waals surface area contributed by atoms with Crippen LogP contribution in [-0.4, -0.2) is 19.0 Å². The average molecular weight is 324 g/mol. The predicted octanol–water partition coefficient (Wildman–Crippen LogP) is 3.18. The summed E-state index contributed by atoms with van der Waals surface area (Å²) in [4.78, 5) is 11.4. The maximum atomic E-state index is 13.0. The summed E-state index contributed by atoms with van der Waals surface area (Å²) in [6, 6.07) is 2.48. The van der Waals surface area contributed by atoms with E-state index in [1.54, 1.807) is 0 Å². The SMILES string of the molecule is CCCNC(=O)CNc1c(Cl)cc(F)cc1Br. The molecule has 0 radical (unpaired) electrons. The third-order valence-electron chi connectivity index (χ3n) is 2.00. The summed E-state index contributed by atoms with van der Waals surface area (Å²) in [5, 5.41) is 5.81. The molecule has 94 valence electrons. The van der Waals surface area contributed by atoms with Crippen LogP contribution in [0.5, 0.6) is 0 Å². The number of nitrogens with one attached hydrogen (secondary N) is 2. The zero-order chi connectivity index (χ0) is 12.8. The molecular formula is C11H13BrClFN2O. The van der Waals surface area contributed by atoms with E-state index in [2.05, 4.69) is 26.6 Å². The second kappa shape index (κ2) is 6.81. The molecular weight excluding hydrogens is 310 g/mol. The Morgan fingerprint density at radius 1 is 1.53 bits per heavy atom. The van der Waals surface area contributed by atoms with E-state index in [1.807, 2.05) is 6.92 Å². The van der Waals surface area contributed by atoms with E-state index in [4.69, 9.17) is 11.6 Å². The molecule has 0 aliphatic carbocycles. The standard InChI is InChI=1S/C11H13BrClFN2O/c1-2-3-15-10(17)6-16-11-8(12)4-7(14)5-9(11)13/h4-5,16H,2-3,6H2,1H3,(H,15,17). The van der Waals surface area contributed by atoms with Gasteiger partial charge in [0.05, 0.1) is 17.3 Å². The molecule has 0 bridgehead atoms. The lowest BCUT2D eigenvalue weighted by atomic mass is 10.3. The highest BCUT2D eigenvalue weighted by Crippen LogP contribution is 2.31. The van der Waals surface area contributed by atoms with Crippen molar-refractivity contribution in [2.45, 2.75) is 13.3 Å². The van der Waals surface area contributed by atoms with Crippen molar-refractivity contribution in [2.75, 3.05) is 18.4 Å². The Kier molecular flexibility index (Phi) is 5.71. The molecule has 0 spiro atoms. The fraction of sp³-hybridized carbons (Fsp3) is 0.364. The summed E-state index contributed by atoms with van der Waals surface area (Å²) in [6.45, 7) is 2.71. The average Bonchev–Trinajstić information content (AvgIpc) is 2.24. The Labute approximate surface area is 113 Å². The molecule has 0 saturated heterocycles. The third kappa shape index (κ3) is 4.52. The topological polar surface area (TPSA) is 41.1 Å². The van der Waals surface area contributed by atoms with Crippen molar-refractivity contribution in [2.24, 2.45) is 0 Å². The van der Waals surface area contributed by atoms with E-state index in [-0.39, 0.29) is 17.5 Å². The molecule has 3 nitrogen and oxygen atoms in total. The number of hydrogen-bond acceptors (Lipinski definition) is 2. The van der Waals surface area contributed by atoms with Gasteiger partial charge in [-0.2, -0.15) is 0 Å². The van der Waals surface area contributed by atoms with E-state index in [9.17, 15) is 9.18 Å². The number of carbonyl (C=O) groups excluding carboxylic acids is 1. The molecule has 2 N–H and O–H groups in total. The summed E-state index contributed by atoms with van der Waals surface area (Å²) >= 11 is 9.04. The molecule has 0 aliphatic heterocycles. The van der Waals surface area contributed by atoms with Gasteiger partial charge in [-0.3, -0.25) is 4.79 Å². The zero-order valence-corrected chi connectivity index (χ0v) is 11.7. The molecule has 17 heavy (non-hydrogen) atoms. The van der Waals surface area contributed by atoms with Crippen molar-refractivity contribution in [1.29, 1.82) is 0 Å². The minimum Gasteiger partial charge on any atom is -0.374 e. The Bertz CT molecular complexity index is 391. The van der Waals surface area contributed by atoms with Crippen molar-refractivity contribution in [3.63, 3.8) is 0 Å². The molecule has 1 rings (SSSR count). The molecule has 0 aromatic heterocycles. The second-order valence-electron chi connectivity index (χ2n) is 3.45. The molecule has 0 saturated carbocycles. The molecule has 0 atom stereocenters. The number of rotatable bonds is 5. The summed E-state index contributed by atoms with van der Waals surface area (Å²) in [5.41, 5.74) is 0.514. The Morgan fingerprint density at radius 3 is 2.82 bits per heavy atom. The molecule has 0 fully saturated rings. The zero-order valence-electron chi connectivity index (χ0n) is 9.32. The van der Waals surface area contributed by atoms with Gasteiger partial charge in [0.2, 0.25) is 5.91 Å². The van der Waals surface area contributed by atoms with Crippen molar-refractivity contribution in [3.05, 3.63) is 27.4 Å². The van der Waals surface area contributed by atoms with E-state index in [0.29, 0.717) is 16.7 Å². The molecule has 1 amide bonds. The van der Waals surface area contributed by atoms with Crippen LogP contribution in [0.15, 0.2) is 16.6 Å². The van der Waals surface area contributed by atoms with Crippen LogP contribution in [0, 0.1) is 5.82 Å². The lowest BCUT2D eigenvalue weighted by Gasteiger charge is -2.10. The summed E-state index contributed by atoms with van der Waals surface area (Å²) < 4.78 is 13.4. The van der Waals surface area contributed by atoms with Gasteiger partial charge in [-0.15, -0.1) is 0 Å². The van der Waals surface area contributed by atoms with Gasteiger partial charge in [-0.1, -0.05) is 18.5 Å². The largest absolute Gasteiger partial charge is 0.374 e. The highest BCUT2D eigenvalue weighted by molar-refractivity contribution is 9.10. The van der Waals surface area contributed by atoms with Crippen molar-refractivity contribution in [3.8, 4) is 0 Å². The fourth-order valence-corrected chi connectivity index (χ4v) is 2.17. The summed E-state index contributed by atoms with van der Waals surface area (Å²) in [5.74, 6) is -0.554. The van der Waals surface area contributed by atoms with Crippen LogP contribution in [0.4, 0.5) is 10.1 Å². The first-order valence-corrected chi connectivity index (χ1v) is 6.36. The van der Waals surface area contributed by atoms with Crippen LogP contribution < -0.4 is 10.6 Å². The van der Waals surface area contributed by atoms with Gasteiger partial charge in [0, 0.05) is 11.0 Å². The number of halogens is 3. The first-order chi connectivity index (χ1) is 8.04. The minimum atomic E-state index is -0.428. The molecule has 6 heteroatoms. The third-order valence-corrected chi connectivity index (χ3v) is 2.93. The predicted molar refractivity (Wildman–Crippen MR) is 70.9 cm³/mol. The first-order valence-electron chi connectivity index (χ1n) is 5.19. The Morgan fingerprint density at radius 2 is 2.24 bits per heavy atom. The highest BCUT2D eigenvalue weighted by atomic mass is 79.9. The molecule has 0 heterocycles. The molecule has 1 aromatic carbocycles. The van der Waals surface area contributed by atoms with Crippen molar-refractivity contribution < 1.29 is 9.18 Å². The van der Waals surface area contributed by atoms with Crippen molar-refractivity contribution >= 4 is 39.1 Å². The van der Waals surface area contributed by atoms with Crippen LogP contribution in [0.1, 0.15) is 13.3 Å². The summed E-state index contributed by atoms with van der Waals surface area (Å²) in [7, 11) is 0. The van der Waals surface area contributed by atoms with E-state index >= 15 is 0 Å². The van der Waals surface area contributed by atoms with Crippen LogP contribution in [-0.2, 0) is 4.79 Å². The van der Waals surface area contributed by atoms with E-state index < -0.39 is 5.82 Å². The first kappa shape index (κ1) is 14.3. The second-order valence-corrected chi connectivity index (χ2v) is 4.71. The quantitative estimate of drug-likeness (QED) is 0.874. The van der Waals surface area contributed by atoms with Gasteiger partial charge in [-0.25, -0.2) is 4.39 Å². The van der Waals surface area contributed by atoms with Gasteiger partial charge in [0.1, 0.15) is 5.82 Å². The van der Waals surface area contributed by atoms with E-state index in [0.717, 1.165) is 6.42 Å². The molecule has 0 aliphatic rings. The lowest BCUT2D eigenvalue weighted by molar-refractivity contribution is -0.119. The lowest BCUT2D eigenvalue weighted by Crippen LogP contribution is -2.30. The van der Waals surface area contributed by atoms with Gasteiger partial charge in [0.25, 0.3) is 0 Å². The Hall–Kier alpha value is -0.810. The van der Waals surface area contributed by atoms with Crippen LogP contribution >= 0.6 is 27.5 Å². The van der Waals surface area contributed by atoms with Crippen LogP contribution in [0.3, 0.4) is 0 Å². The van der Waals surface area contributed by atoms with Crippen LogP contribution in [0.2, 0.25) is 5.02 Å². The maximum Gasteiger partial charge on any atom is 0.239 e. The summed E-state index contributed by atoms with van der Waals surface area (Å²) in [6.07, 6.45) is 0.882. The number of hydrogen-bond donors (Lipinski definition) is 2. The monoisotopic (exact) mass is 322 g/mol. The number of carbonyl (C=O) groups is 1. The number of benzene rings is 1. The number of anilines is 1. The maximum absolute atomic E-state index is 13.0. The van der Waals surface area contributed by atoms with Gasteiger partial charge in [-0.05, 0) is 34.5 Å². The van der Waals surface area contributed by atoms with Gasteiger partial charge in [0.15, 0.2) is 0 Å². The molecule has 0 unspecified atom stereocenters. The normalized spacial score (nSPS) is 10.1. The fourth-order valence-electron chi connectivity index (χ4n) is 1.21. The van der Waals surface area contributed by atoms with Crippen LogP contribution in [0.25, 0.3) is 0 Å². The van der Waals surface area contributed by atoms with Crippen molar-refractivity contribution in [1.82, 2.24) is 5.32 Å². The van der Waals surface area contributed by atoms with Gasteiger partial charge < -0.3 is 10.6 Å². The highest BCUT2D eigenvalue weighted by Gasteiger charge is 2.09. The number of amides is 1. The van der Waals surface area contributed by atoms with Gasteiger partial charge >= 0.3 is 0 Å². The van der Waals surface area contributed by atoms with E-state index in [1.165, 1.54) is 12.1 Å². The smallest absolute Gasteiger partial charge is 0.239 e. The Balaban J connectivity index is 2.60. The minimum absolute atomic E-state index is 0.101. The molecule has 1 aromatic rings.